The molecule has 1 unspecified atom stereocenters. The summed E-state index contributed by atoms with van der Waals surface area (Å²) in [7, 11) is 0. The zero-order valence-electron chi connectivity index (χ0n) is 11.9. The highest BCUT2D eigenvalue weighted by Crippen LogP contribution is 2.30. The second kappa shape index (κ2) is 4.94. The van der Waals surface area contributed by atoms with Gasteiger partial charge in [0.05, 0.1) is 11.5 Å². The van der Waals surface area contributed by atoms with Gasteiger partial charge in [0.15, 0.2) is 0 Å². The van der Waals surface area contributed by atoms with Gasteiger partial charge in [0.1, 0.15) is 5.78 Å². The summed E-state index contributed by atoms with van der Waals surface area (Å²) < 4.78 is 0. The SMILES string of the molecule is CC(=O)CC(C)(C#N)c1ccc(C(C)(C)C)cc1. The first kappa shape index (κ1) is 14.4. The molecule has 2 nitrogen and oxygen atoms in total. The molecular formula is C16H21NO. The summed E-state index contributed by atoms with van der Waals surface area (Å²) in [6, 6.07) is 10.3. The Balaban J connectivity index is 3.11. The molecule has 1 aromatic rings. The van der Waals surface area contributed by atoms with Crippen molar-refractivity contribution in [2.45, 2.75) is 51.9 Å². The van der Waals surface area contributed by atoms with Gasteiger partial charge in [-0.3, -0.25) is 4.79 Å². The van der Waals surface area contributed by atoms with Crippen LogP contribution in [0.1, 0.15) is 52.2 Å². The number of benzene rings is 1. The van der Waals surface area contributed by atoms with Crippen molar-refractivity contribution in [3.63, 3.8) is 0 Å². The van der Waals surface area contributed by atoms with Crippen molar-refractivity contribution in [3.05, 3.63) is 35.4 Å². The monoisotopic (exact) mass is 243 g/mol. The van der Waals surface area contributed by atoms with Crippen molar-refractivity contribution in [2.75, 3.05) is 0 Å². The molecule has 0 N–H and O–H groups in total. The van der Waals surface area contributed by atoms with Gasteiger partial charge in [-0.05, 0) is 30.4 Å². The molecule has 18 heavy (non-hydrogen) atoms. The number of ketones is 1. The Kier molecular flexibility index (Phi) is 3.96. The number of carbonyl (C=O) groups is 1. The smallest absolute Gasteiger partial charge is 0.131 e. The van der Waals surface area contributed by atoms with Crippen LogP contribution in [0.3, 0.4) is 0 Å². The fourth-order valence-corrected chi connectivity index (χ4v) is 2.04. The molecule has 0 aliphatic carbocycles. The molecule has 0 bridgehead atoms. The number of Topliss-reactive ketones (excluding diaryl/α,β-unsaturated/α-hetero) is 1. The van der Waals surface area contributed by atoms with Crippen molar-refractivity contribution >= 4 is 5.78 Å². The van der Waals surface area contributed by atoms with Gasteiger partial charge in [-0.15, -0.1) is 0 Å². The molecule has 0 aliphatic rings. The Morgan fingerprint density at radius 2 is 1.56 bits per heavy atom. The minimum atomic E-state index is -0.720. The van der Waals surface area contributed by atoms with Crippen LogP contribution in [0.2, 0.25) is 0 Å². The molecule has 0 heterocycles. The summed E-state index contributed by atoms with van der Waals surface area (Å²) in [6.45, 7) is 9.81. The predicted octanol–water partition coefficient (Wildman–Crippen LogP) is 3.74. The van der Waals surface area contributed by atoms with Crippen LogP contribution >= 0.6 is 0 Å². The van der Waals surface area contributed by atoms with Crippen LogP contribution in [0, 0.1) is 11.3 Å². The summed E-state index contributed by atoms with van der Waals surface area (Å²) >= 11 is 0. The van der Waals surface area contributed by atoms with Crippen LogP contribution in [-0.4, -0.2) is 5.78 Å². The molecule has 1 atom stereocenters. The molecule has 1 aromatic carbocycles. The fraction of sp³-hybridized carbons (Fsp3) is 0.500. The number of hydrogen-bond acceptors (Lipinski definition) is 2. The minimum absolute atomic E-state index is 0.0407. The van der Waals surface area contributed by atoms with Crippen LogP contribution in [0.15, 0.2) is 24.3 Å². The lowest BCUT2D eigenvalue weighted by atomic mass is 9.78. The van der Waals surface area contributed by atoms with Gasteiger partial charge >= 0.3 is 0 Å². The number of hydrogen-bond donors (Lipinski definition) is 0. The third-order valence-electron chi connectivity index (χ3n) is 3.24. The predicted molar refractivity (Wildman–Crippen MR) is 73.4 cm³/mol. The Morgan fingerprint density at radius 1 is 1.11 bits per heavy atom. The van der Waals surface area contributed by atoms with E-state index in [2.05, 4.69) is 26.8 Å². The second-order valence-electron chi connectivity index (χ2n) is 6.15. The van der Waals surface area contributed by atoms with Gasteiger partial charge in [-0.1, -0.05) is 45.0 Å². The summed E-state index contributed by atoms with van der Waals surface area (Å²) in [5.41, 5.74) is 1.52. The molecule has 0 saturated heterocycles. The minimum Gasteiger partial charge on any atom is -0.300 e. The van der Waals surface area contributed by atoms with Crippen molar-refractivity contribution in [3.8, 4) is 6.07 Å². The van der Waals surface area contributed by atoms with E-state index in [1.54, 1.807) is 0 Å². The van der Waals surface area contributed by atoms with Crippen molar-refractivity contribution in [2.24, 2.45) is 0 Å². The molecule has 0 aliphatic heterocycles. The van der Waals surface area contributed by atoms with Crippen LogP contribution in [0.5, 0.6) is 0 Å². The highest BCUT2D eigenvalue weighted by atomic mass is 16.1. The lowest BCUT2D eigenvalue weighted by Gasteiger charge is -2.23. The van der Waals surface area contributed by atoms with Gasteiger partial charge in [0, 0.05) is 6.42 Å². The Hall–Kier alpha value is -1.62. The molecule has 0 amide bonds. The van der Waals surface area contributed by atoms with Gasteiger partial charge in [0.25, 0.3) is 0 Å². The first-order valence-electron chi connectivity index (χ1n) is 6.21. The lowest BCUT2D eigenvalue weighted by molar-refractivity contribution is -0.117. The van der Waals surface area contributed by atoms with Crippen molar-refractivity contribution in [1.29, 1.82) is 5.26 Å². The summed E-state index contributed by atoms with van der Waals surface area (Å²) in [4.78, 5) is 11.3. The van der Waals surface area contributed by atoms with Crippen LogP contribution in [0.4, 0.5) is 0 Å². The molecule has 0 radical (unpaired) electrons. The molecule has 2 heteroatoms. The molecule has 0 spiro atoms. The van der Waals surface area contributed by atoms with Crippen molar-refractivity contribution in [1.82, 2.24) is 0 Å². The highest BCUT2D eigenvalue weighted by Gasteiger charge is 2.28. The zero-order chi connectivity index (χ0) is 14.0. The maximum Gasteiger partial charge on any atom is 0.131 e. The van der Waals surface area contributed by atoms with E-state index in [1.165, 1.54) is 12.5 Å². The van der Waals surface area contributed by atoms with E-state index in [0.717, 1.165) is 5.56 Å². The molecular weight excluding hydrogens is 222 g/mol. The van der Waals surface area contributed by atoms with Gasteiger partial charge in [-0.25, -0.2) is 0 Å². The van der Waals surface area contributed by atoms with Crippen LogP contribution < -0.4 is 0 Å². The quantitative estimate of drug-likeness (QED) is 0.811. The fourth-order valence-electron chi connectivity index (χ4n) is 2.04. The van der Waals surface area contributed by atoms with E-state index in [0.29, 0.717) is 0 Å². The summed E-state index contributed by atoms with van der Waals surface area (Å²) in [5, 5.41) is 9.31. The highest BCUT2D eigenvalue weighted by molar-refractivity contribution is 5.77. The average molecular weight is 243 g/mol. The standard InChI is InChI=1S/C16H21NO/c1-12(18)10-16(5,11-17)14-8-6-13(7-9-14)15(2,3)4/h6-9H,10H2,1-5H3. The number of carbonyl (C=O) groups excluding carboxylic acids is 1. The lowest BCUT2D eigenvalue weighted by Crippen LogP contribution is -2.23. The molecule has 0 saturated carbocycles. The Morgan fingerprint density at radius 3 is 1.89 bits per heavy atom. The number of nitrogens with zero attached hydrogens (tertiary/aromatic N) is 1. The first-order valence-corrected chi connectivity index (χ1v) is 6.21. The van der Waals surface area contributed by atoms with Gasteiger partial charge in [-0.2, -0.15) is 5.26 Å². The van der Waals surface area contributed by atoms with E-state index in [9.17, 15) is 10.1 Å². The van der Waals surface area contributed by atoms with E-state index in [1.807, 2.05) is 31.2 Å². The molecule has 0 fully saturated rings. The van der Waals surface area contributed by atoms with Crippen LogP contribution in [0.25, 0.3) is 0 Å². The normalized spacial score (nSPS) is 14.7. The Labute approximate surface area is 110 Å². The average Bonchev–Trinajstić information content (AvgIpc) is 2.27. The van der Waals surface area contributed by atoms with Gasteiger partial charge in [0.2, 0.25) is 0 Å². The van der Waals surface area contributed by atoms with Gasteiger partial charge < -0.3 is 0 Å². The van der Waals surface area contributed by atoms with E-state index in [-0.39, 0.29) is 17.6 Å². The second-order valence-corrected chi connectivity index (χ2v) is 6.15. The van der Waals surface area contributed by atoms with Crippen LogP contribution in [-0.2, 0) is 15.6 Å². The topological polar surface area (TPSA) is 40.9 Å². The molecule has 0 aromatic heterocycles. The largest absolute Gasteiger partial charge is 0.300 e. The maximum absolute atomic E-state index is 11.3. The summed E-state index contributed by atoms with van der Waals surface area (Å²) in [5.74, 6) is 0.0407. The Bertz CT molecular complexity index is 473. The van der Waals surface area contributed by atoms with Crippen molar-refractivity contribution < 1.29 is 4.79 Å². The third kappa shape index (κ3) is 3.20. The molecule has 96 valence electrons. The number of nitriles is 1. The van der Waals surface area contributed by atoms with E-state index >= 15 is 0 Å². The zero-order valence-corrected chi connectivity index (χ0v) is 11.9. The third-order valence-corrected chi connectivity index (χ3v) is 3.24. The first-order chi connectivity index (χ1) is 8.19. The summed E-state index contributed by atoms with van der Waals surface area (Å²) in [6.07, 6.45) is 0.262. The van der Waals surface area contributed by atoms with E-state index in [4.69, 9.17) is 0 Å². The number of rotatable bonds is 3. The van der Waals surface area contributed by atoms with E-state index < -0.39 is 5.41 Å². The molecule has 1 rings (SSSR count). The maximum atomic E-state index is 11.3.